The normalized spacial score (nSPS) is 16.4. The number of nitrogens with zero attached hydrogens (tertiary/aromatic N) is 3. The van der Waals surface area contributed by atoms with Gasteiger partial charge in [-0.2, -0.15) is 0 Å². The molecule has 1 aromatic heterocycles. The summed E-state index contributed by atoms with van der Waals surface area (Å²) < 4.78 is 4.07. The van der Waals surface area contributed by atoms with Gasteiger partial charge in [0.15, 0.2) is 0 Å². The van der Waals surface area contributed by atoms with Crippen molar-refractivity contribution < 1.29 is 9.90 Å². The van der Waals surface area contributed by atoms with E-state index in [9.17, 15) is 9.59 Å². The summed E-state index contributed by atoms with van der Waals surface area (Å²) in [6, 6.07) is 9.52. The second kappa shape index (κ2) is 6.94. The van der Waals surface area contributed by atoms with Crippen molar-refractivity contribution in [3.63, 3.8) is 0 Å². The van der Waals surface area contributed by atoms with E-state index in [0.29, 0.717) is 23.9 Å². The molecule has 1 aliphatic heterocycles. The predicted octanol–water partition coefficient (Wildman–Crippen LogP) is 2.24. The van der Waals surface area contributed by atoms with E-state index in [-0.39, 0.29) is 11.5 Å². The molecule has 0 unspecified atom stereocenters. The minimum absolute atomic E-state index is 0.0841. The van der Waals surface area contributed by atoms with Gasteiger partial charge >= 0.3 is 5.97 Å². The van der Waals surface area contributed by atoms with Crippen LogP contribution in [0.3, 0.4) is 0 Å². The largest absolute Gasteiger partial charge is 0.481 e. The number of hydrogen-bond donors (Lipinski definition) is 1. The summed E-state index contributed by atoms with van der Waals surface area (Å²) in [5.74, 6) is -0.958. The zero-order valence-electron chi connectivity index (χ0n) is 13.5. The third-order valence-electron chi connectivity index (χ3n) is 4.64. The van der Waals surface area contributed by atoms with Crippen LogP contribution < -0.4 is 5.56 Å². The summed E-state index contributed by atoms with van der Waals surface area (Å²) in [4.78, 5) is 25.9. The Kier molecular flexibility index (Phi) is 4.91. The van der Waals surface area contributed by atoms with Crippen molar-refractivity contribution in [1.29, 1.82) is 0 Å². The number of carboxylic acids is 1. The Labute approximate surface area is 148 Å². The van der Waals surface area contributed by atoms with E-state index in [4.69, 9.17) is 5.11 Å². The van der Waals surface area contributed by atoms with Gasteiger partial charge in [-0.3, -0.25) is 19.2 Å². The van der Waals surface area contributed by atoms with Crippen LogP contribution in [-0.2, 0) is 18.4 Å². The summed E-state index contributed by atoms with van der Waals surface area (Å²) in [5, 5.41) is 9.09. The average molecular weight is 394 g/mol. The first kappa shape index (κ1) is 17.0. The third kappa shape index (κ3) is 3.18. The summed E-state index contributed by atoms with van der Waals surface area (Å²) in [6.45, 7) is 2.08. The minimum atomic E-state index is -0.710. The number of piperidine rings is 1. The van der Waals surface area contributed by atoms with Crippen molar-refractivity contribution in [3.8, 4) is 5.69 Å². The van der Waals surface area contributed by atoms with Gasteiger partial charge in [-0.1, -0.05) is 18.2 Å². The van der Waals surface area contributed by atoms with Gasteiger partial charge in [0.2, 0.25) is 0 Å². The highest BCUT2D eigenvalue weighted by atomic mass is 79.9. The van der Waals surface area contributed by atoms with E-state index in [1.807, 2.05) is 42.1 Å². The number of likely N-dealkylation sites (tertiary alicyclic amines) is 1. The maximum Gasteiger partial charge on any atom is 0.306 e. The van der Waals surface area contributed by atoms with Crippen LogP contribution in [0.2, 0.25) is 0 Å². The van der Waals surface area contributed by atoms with Gasteiger partial charge in [-0.05, 0) is 54.0 Å². The van der Waals surface area contributed by atoms with Crippen LogP contribution in [-0.4, -0.2) is 38.4 Å². The Bertz CT molecular complexity index is 789. The fourth-order valence-electron chi connectivity index (χ4n) is 3.20. The lowest BCUT2D eigenvalue weighted by molar-refractivity contribution is -0.143. The van der Waals surface area contributed by atoms with Crippen molar-refractivity contribution in [1.82, 2.24) is 14.3 Å². The molecule has 1 aromatic carbocycles. The van der Waals surface area contributed by atoms with Gasteiger partial charge in [0.1, 0.15) is 4.47 Å². The molecule has 3 rings (SSSR count). The highest BCUT2D eigenvalue weighted by Gasteiger charge is 2.26. The zero-order valence-corrected chi connectivity index (χ0v) is 15.1. The van der Waals surface area contributed by atoms with E-state index in [1.165, 1.54) is 0 Å². The molecular formula is C17H20BrN3O3. The molecule has 0 radical (unpaired) electrons. The van der Waals surface area contributed by atoms with Crippen molar-refractivity contribution in [3.05, 3.63) is 50.9 Å². The first-order valence-electron chi connectivity index (χ1n) is 7.96. The number of hydrogen-bond acceptors (Lipinski definition) is 3. The van der Waals surface area contributed by atoms with Crippen LogP contribution in [0.25, 0.3) is 5.69 Å². The molecule has 7 heteroatoms. The molecule has 1 fully saturated rings. The summed E-state index contributed by atoms with van der Waals surface area (Å²) in [6.07, 6.45) is 1.31. The minimum Gasteiger partial charge on any atom is -0.481 e. The van der Waals surface area contributed by atoms with Gasteiger partial charge in [0, 0.05) is 13.6 Å². The number of rotatable bonds is 4. The molecule has 0 aliphatic carbocycles. The van der Waals surface area contributed by atoms with Gasteiger partial charge in [0.25, 0.3) is 5.56 Å². The van der Waals surface area contributed by atoms with E-state index in [2.05, 4.69) is 20.8 Å². The lowest BCUT2D eigenvalue weighted by Gasteiger charge is -2.30. The van der Waals surface area contributed by atoms with E-state index in [0.717, 1.165) is 24.5 Å². The standard InChI is InChI=1S/C17H20BrN3O3/c1-19-14(11-20-9-7-12(8-10-20)17(23)24)15(18)16(22)21(19)13-5-3-2-4-6-13/h2-6,12H,7-11H2,1H3,(H,23,24). The van der Waals surface area contributed by atoms with Crippen molar-refractivity contribution in [2.45, 2.75) is 19.4 Å². The Balaban J connectivity index is 1.83. The number of carboxylic acid groups (broad SMARTS) is 1. The summed E-state index contributed by atoms with van der Waals surface area (Å²) >= 11 is 3.44. The maximum atomic E-state index is 12.6. The van der Waals surface area contributed by atoms with Gasteiger partial charge in [-0.25, -0.2) is 4.68 Å². The Hall–Kier alpha value is -1.86. The number of halogens is 1. The quantitative estimate of drug-likeness (QED) is 0.864. The highest BCUT2D eigenvalue weighted by molar-refractivity contribution is 9.10. The molecule has 0 bridgehead atoms. The maximum absolute atomic E-state index is 12.6. The van der Waals surface area contributed by atoms with Gasteiger partial charge in [0.05, 0.1) is 17.3 Å². The number of benzene rings is 1. The number of carbonyl (C=O) groups is 1. The second-order valence-corrected chi connectivity index (χ2v) is 6.92. The Morgan fingerprint density at radius 1 is 1.25 bits per heavy atom. The first-order valence-corrected chi connectivity index (χ1v) is 8.75. The van der Waals surface area contributed by atoms with E-state index in [1.54, 1.807) is 4.68 Å². The zero-order chi connectivity index (χ0) is 17.3. The molecular weight excluding hydrogens is 374 g/mol. The molecule has 0 saturated carbocycles. The number of aromatic nitrogens is 2. The van der Waals surface area contributed by atoms with Crippen LogP contribution >= 0.6 is 15.9 Å². The second-order valence-electron chi connectivity index (χ2n) is 6.13. The SMILES string of the molecule is Cn1c(CN2CCC(C(=O)O)CC2)c(Br)c(=O)n1-c1ccccc1. The van der Waals surface area contributed by atoms with Crippen molar-refractivity contribution in [2.75, 3.05) is 13.1 Å². The molecule has 1 saturated heterocycles. The monoisotopic (exact) mass is 393 g/mol. The fourth-order valence-corrected chi connectivity index (χ4v) is 3.75. The molecule has 0 amide bonds. The number of aliphatic carboxylic acids is 1. The molecule has 1 aliphatic rings. The van der Waals surface area contributed by atoms with Crippen molar-refractivity contribution in [2.24, 2.45) is 13.0 Å². The topological polar surface area (TPSA) is 67.5 Å². The number of para-hydroxylation sites is 1. The van der Waals surface area contributed by atoms with E-state index >= 15 is 0 Å². The lowest BCUT2D eigenvalue weighted by atomic mass is 9.97. The van der Waals surface area contributed by atoms with Crippen LogP contribution in [0.4, 0.5) is 0 Å². The smallest absolute Gasteiger partial charge is 0.306 e. The Morgan fingerprint density at radius 3 is 2.46 bits per heavy atom. The van der Waals surface area contributed by atoms with E-state index < -0.39 is 5.97 Å². The molecule has 2 heterocycles. The molecule has 24 heavy (non-hydrogen) atoms. The Morgan fingerprint density at radius 2 is 1.88 bits per heavy atom. The van der Waals surface area contributed by atoms with Crippen LogP contribution in [0.5, 0.6) is 0 Å². The fraction of sp³-hybridized carbons (Fsp3) is 0.412. The summed E-state index contributed by atoms with van der Waals surface area (Å²) in [5.41, 5.74) is 1.64. The van der Waals surface area contributed by atoms with Crippen molar-refractivity contribution >= 4 is 21.9 Å². The average Bonchev–Trinajstić information content (AvgIpc) is 2.80. The molecule has 2 aromatic rings. The van der Waals surface area contributed by atoms with Crippen LogP contribution in [0.1, 0.15) is 18.5 Å². The lowest BCUT2D eigenvalue weighted by Crippen LogP contribution is -2.36. The molecule has 128 valence electrons. The van der Waals surface area contributed by atoms with Crippen LogP contribution in [0, 0.1) is 5.92 Å². The van der Waals surface area contributed by atoms with Gasteiger partial charge < -0.3 is 5.11 Å². The summed E-state index contributed by atoms with van der Waals surface area (Å²) in [7, 11) is 1.87. The molecule has 6 nitrogen and oxygen atoms in total. The molecule has 1 N–H and O–H groups in total. The first-order chi connectivity index (χ1) is 11.5. The van der Waals surface area contributed by atoms with Crippen LogP contribution in [0.15, 0.2) is 39.6 Å². The van der Waals surface area contributed by atoms with Gasteiger partial charge in [-0.15, -0.1) is 0 Å². The third-order valence-corrected chi connectivity index (χ3v) is 5.43. The molecule has 0 spiro atoms. The molecule has 0 atom stereocenters. The predicted molar refractivity (Wildman–Crippen MR) is 94.3 cm³/mol. The highest BCUT2D eigenvalue weighted by Crippen LogP contribution is 2.22.